The second kappa shape index (κ2) is 3.94. The smallest absolute Gasteiger partial charge is 0.202 e. The van der Waals surface area contributed by atoms with Gasteiger partial charge in [0, 0.05) is 18.1 Å². The van der Waals surface area contributed by atoms with E-state index in [1.807, 2.05) is 0 Å². The first-order valence-corrected chi connectivity index (χ1v) is 6.96. The summed E-state index contributed by atoms with van der Waals surface area (Å²) in [5, 5.41) is 0. The Balaban J connectivity index is 2.95. The van der Waals surface area contributed by atoms with Crippen LogP contribution in [0.4, 0.5) is 5.69 Å². The van der Waals surface area contributed by atoms with Crippen LogP contribution in [0.3, 0.4) is 0 Å². The molecule has 0 spiro atoms. The van der Waals surface area contributed by atoms with Crippen LogP contribution in [0.2, 0.25) is 0 Å². The van der Waals surface area contributed by atoms with E-state index in [9.17, 15) is 0 Å². The van der Waals surface area contributed by atoms with Crippen LogP contribution in [0.1, 0.15) is 55.0 Å². The van der Waals surface area contributed by atoms with E-state index < -0.39 is 0 Å². The lowest BCUT2D eigenvalue weighted by atomic mass is 9.74. The van der Waals surface area contributed by atoms with Gasteiger partial charge >= 0.3 is 0 Å². The van der Waals surface area contributed by atoms with Crippen molar-refractivity contribution in [3.05, 3.63) is 27.8 Å². The van der Waals surface area contributed by atoms with E-state index in [-0.39, 0.29) is 5.41 Å². The molecule has 0 bridgehead atoms. The van der Waals surface area contributed by atoms with Crippen LogP contribution in [0, 0.1) is 27.7 Å². The highest BCUT2D eigenvalue weighted by Crippen LogP contribution is 2.46. The summed E-state index contributed by atoms with van der Waals surface area (Å²) < 4.78 is 2.41. The number of rotatable bonds is 1. The lowest BCUT2D eigenvalue weighted by molar-refractivity contribution is -0.403. The van der Waals surface area contributed by atoms with Gasteiger partial charge in [0.25, 0.3) is 0 Å². The van der Waals surface area contributed by atoms with Gasteiger partial charge in [-0.1, -0.05) is 6.92 Å². The van der Waals surface area contributed by atoms with Crippen molar-refractivity contribution in [2.45, 2.75) is 60.3 Å². The summed E-state index contributed by atoms with van der Waals surface area (Å²) >= 11 is 0. The van der Waals surface area contributed by atoms with Crippen LogP contribution in [-0.4, -0.2) is 17.3 Å². The molecule has 0 aliphatic carbocycles. The topological polar surface area (TPSA) is 3.01 Å². The number of benzene rings is 1. The van der Waals surface area contributed by atoms with Gasteiger partial charge in [0.2, 0.25) is 5.69 Å². The van der Waals surface area contributed by atoms with Crippen molar-refractivity contribution >= 4 is 11.4 Å². The van der Waals surface area contributed by atoms with E-state index >= 15 is 0 Å². The molecule has 1 unspecified atom stereocenters. The van der Waals surface area contributed by atoms with Crippen molar-refractivity contribution in [1.29, 1.82) is 0 Å². The average Bonchev–Trinajstić information content (AvgIpc) is 2.56. The van der Waals surface area contributed by atoms with Gasteiger partial charge in [-0.25, -0.2) is 4.58 Å². The molecule has 2 rings (SSSR count). The molecule has 1 aliphatic heterocycles. The number of nitrogens with zero attached hydrogens (tertiary/aromatic N) is 1. The number of fused-ring (bicyclic) bond motifs is 1. The van der Waals surface area contributed by atoms with Crippen LogP contribution in [-0.2, 0) is 5.41 Å². The van der Waals surface area contributed by atoms with Crippen LogP contribution in [0.25, 0.3) is 0 Å². The SMILES string of the molecule is CCC1(C)C(C)=[N+](C)c2c(C)c(C)c(C)c(C)c21. The van der Waals surface area contributed by atoms with Gasteiger partial charge in [-0.3, -0.25) is 0 Å². The molecule has 0 radical (unpaired) electrons. The summed E-state index contributed by atoms with van der Waals surface area (Å²) in [5.41, 5.74) is 10.6. The standard InChI is InChI=1S/C17H26N/c1-9-17(7)14(6)18(8)16-13(5)11(3)10(2)12(4)15(16)17/h9H2,1-8H3/q+1. The van der Waals surface area contributed by atoms with Crippen molar-refractivity contribution in [2.75, 3.05) is 7.05 Å². The normalized spacial score (nSPS) is 22.7. The molecule has 1 aromatic rings. The van der Waals surface area contributed by atoms with E-state index in [0.29, 0.717) is 0 Å². The lowest BCUT2D eigenvalue weighted by Gasteiger charge is -2.23. The average molecular weight is 244 g/mol. The molecule has 1 atom stereocenters. The summed E-state index contributed by atoms with van der Waals surface area (Å²) in [4.78, 5) is 0. The third-order valence-corrected chi connectivity index (χ3v) is 5.55. The Labute approximate surface area is 112 Å². The van der Waals surface area contributed by atoms with E-state index in [1.54, 1.807) is 5.56 Å². The predicted molar refractivity (Wildman–Crippen MR) is 79.6 cm³/mol. The zero-order valence-electron chi connectivity index (χ0n) is 13.2. The number of hydrogen-bond donors (Lipinski definition) is 0. The molecule has 0 amide bonds. The first kappa shape index (κ1) is 13.3. The highest BCUT2D eigenvalue weighted by atomic mass is 15.0. The van der Waals surface area contributed by atoms with E-state index in [2.05, 4.69) is 60.1 Å². The molecule has 1 nitrogen and oxygen atoms in total. The second-order valence-corrected chi connectivity index (χ2v) is 6.05. The molecule has 1 aliphatic rings. The van der Waals surface area contributed by atoms with E-state index in [4.69, 9.17) is 0 Å². The molecule has 0 saturated heterocycles. The van der Waals surface area contributed by atoms with Gasteiger partial charge in [0.15, 0.2) is 5.71 Å². The highest BCUT2D eigenvalue weighted by molar-refractivity contribution is 5.95. The summed E-state index contributed by atoms with van der Waals surface area (Å²) in [6.07, 6.45) is 1.17. The first-order chi connectivity index (χ1) is 8.27. The molecule has 0 N–H and O–H groups in total. The van der Waals surface area contributed by atoms with Gasteiger partial charge in [0.05, 0.1) is 5.41 Å². The van der Waals surface area contributed by atoms with Gasteiger partial charge < -0.3 is 0 Å². The summed E-state index contributed by atoms with van der Waals surface area (Å²) in [7, 11) is 2.22. The fourth-order valence-electron chi connectivity index (χ4n) is 3.54. The minimum atomic E-state index is 0.206. The summed E-state index contributed by atoms with van der Waals surface area (Å²) in [6.45, 7) is 16.1. The van der Waals surface area contributed by atoms with E-state index in [1.165, 1.54) is 40.1 Å². The zero-order valence-corrected chi connectivity index (χ0v) is 13.2. The molecule has 1 aromatic carbocycles. The molecule has 0 aromatic heterocycles. The van der Waals surface area contributed by atoms with Crippen LogP contribution in [0.15, 0.2) is 0 Å². The Kier molecular flexibility index (Phi) is 2.92. The molecule has 1 heterocycles. The van der Waals surface area contributed by atoms with Crippen molar-refractivity contribution in [3.63, 3.8) is 0 Å². The first-order valence-electron chi connectivity index (χ1n) is 6.96. The fraction of sp³-hybridized carbons (Fsp3) is 0.588. The van der Waals surface area contributed by atoms with Crippen LogP contribution in [0.5, 0.6) is 0 Å². The summed E-state index contributed by atoms with van der Waals surface area (Å²) in [5.74, 6) is 0. The maximum absolute atomic E-state index is 2.41. The summed E-state index contributed by atoms with van der Waals surface area (Å²) in [6, 6.07) is 0. The maximum Gasteiger partial charge on any atom is 0.212 e. The largest absolute Gasteiger partial charge is 0.212 e. The van der Waals surface area contributed by atoms with Gasteiger partial charge in [-0.05, 0) is 57.7 Å². The number of hydrogen-bond acceptors (Lipinski definition) is 0. The molecule has 0 fully saturated rings. The molecule has 1 heteroatoms. The Bertz CT molecular complexity index is 564. The Morgan fingerprint density at radius 2 is 1.39 bits per heavy atom. The molecule has 18 heavy (non-hydrogen) atoms. The van der Waals surface area contributed by atoms with Crippen molar-refractivity contribution < 1.29 is 4.58 Å². The minimum absolute atomic E-state index is 0.206. The second-order valence-electron chi connectivity index (χ2n) is 6.05. The van der Waals surface area contributed by atoms with Crippen LogP contribution >= 0.6 is 0 Å². The highest BCUT2D eigenvalue weighted by Gasteiger charge is 2.46. The van der Waals surface area contributed by atoms with E-state index in [0.717, 1.165) is 0 Å². The third kappa shape index (κ3) is 1.36. The maximum atomic E-state index is 2.41. The predicted octanol–water partition coefficient (Wildman–Crippen LogP) is 4.34. The molecular weight excluding hydrogens is 218 g/mol. The van der Waals surface area contributed by atoms with Crippen LogP contribution < -0.4 is 0 Å². The van der Waals surface area contributed by atoms with Gasteiger partial charge in [0.1, 0.15) is 7.05 Å². The minimum Gasteiger partial charge on any atom is -0.202 e. The molecule has 0 saturated carbocycles. The molecule has 98 valence electrons. The van der Waals surface area contributed by atoms with Gasteiger partial charge in [-0.2, -0.15) is 0 Å². The molecular formula is C17H26N+. The quantitative estimate of drug-likeness (QED) is 0.647. The Morgan fingerprint density at radius 3 is 1.89 bits per heavy atom. The fourth-order valence-corrected chi connectivity index (χ4v) is 3.54. The van der Waals surface area contributed by atoms with Crippen molar-refractivity contribution in [1.82, 2.24) is 0 Å². The lowest BCUT2D eigenvalue weighted by Crippen LogP contribution is -2.29. The van der Waals surface area contributed by atoms with Crippen molar-refractivity contribution in [3.8, 4) is 0 Å². The zero-order chi connectivity index (χ0) is 13.8. The van der Waals surface area contributed by atoms with Gasteiger partial charge in [-0.15, -0.1) is 0 Å². The van der Waals surface area contributed by atoms with Crippen molar-refractivity contribution in [2.24, 2.45) is 0 Å². The Hall–Kier alpha value is -1.11. The third-order valence-electron chi connectivity index (χ3n) is 5.55. The monoisotopic (exact) mass is 244 g/mol. The Morgan fingerprint density at radius 1 is 0.889 bits per heavy atom.